The van der Waals surface area contributed by atoms with Crippen LogP contribution in [0.4, 0.5) is 0 Å². The minimum atomic E-state index is -1.21. The normalized spacial score (nSPS) is 14.5. The zero-order valence-electron chi connectivity index (χ0n) is 9.34. The Labute approximate surface area is 93.3 Å². The molecule has 5 nitrogen and oxygen atoms in total. The van der Waals surface area contributed by atoms with Gasteiger partial charge in [0.25, 0.3) is 0 Å². The second-order valence-electron chi connectivity index (χ2n) is 3.52. The fourth-order valence-electron chi connectivity index (χ4n) is 1.38. The lowest BCUT2D eigenvalue weighted by Crippen LogP contribution is -2.19. The van der Waals surface area contributed by atoms with Crippen LogP contribution in [0.2, 0.25) is 0 Å². The molecule has 1 heterocycles. The van der Waals surface area contributed by atoms with Crippen LogP contribution >= 0.6 is 0 Å². The van der Waals surface area contributed by atoms with Crippen LogP contribution in [-0.2, 0) is 0 Å². The highest BCUT2D eigenvalue weighted by Crippen LogP contribution is 2.21. The standard InChI is InChI=1S/C11H16O5/c1-3-4-8(12)11(14)9-5-7(15-2)6-10(13)16-9/h5-6,8,11-12,14H,3-4H2,1-2H3/t8-,11-/m1/s1. The number of rotatable bonds is 5. The van der Waals surface area contributed by atoms with Gasteiger partial charge in [-0.05, 0) is 6.42 Å². The Morgan fingerprint density at radius 2 is 2.12 bits per heavy atom. The van der Waals surface area contributed by atoms with Crippen LogP contribution in [0, 0.1) is 0 Å². The van der Waals surface area contributed by atoms with E-state index in [1.807, 2.05) is 6.92 Å². The second kappa shape index (κ2) is 5.67. The van der Waals surface area contributed by atoms with Gasteiger partial charge in [-0.3, -0.25) is 0 Å². The molecule has 1 aromatic rings. The van der Waals surface area contributed by atoms with E-state index in [0.29, 0.717) is 12.2 Å². The summed E-state index contributed by atoms with van der Waals surface area (Å²) in [5.41, 5.74) is -0.614. The van der Waals surface area contributed by atoms with Crippen LogP contribution in [0.25, 0.3) is 0 Å². The average molecular weight is 228 g/mol. The highest BCUT2D eigenvalue weighted by molar-refractivity contribution is 5.21. The molecule has 0 radical (unpaired) electrons. The molecule has 0 aromatic carbocycles. The molecule has 16 heavy (non-hydrogen) atoms. The summed E-state index contributed by atoms with van der Waals surface area (Å²) >= 11 is 0. The number of methoxy groups -OCH3 is 1. The molecule has 0 saturated carbocycles. The van der Waals surface area contributed by atoms with E-state index in [2.05, 4.69) is 0 Å². The lowest BCUT2D eigenvalue weighted by atomic mass is 10.1. The smallest absolute Gasteiger partial charge is 0.339 e. The number of aliphatic hydroxyl groups is 2. The van der Waals surface area contributed by atoms with Gasteiger partial charge in [-0.1, -0.05) is 13.3 Å². The monoisotopic (exact) mass is 228 g/mol. The molecular weight excluding hydrogens is 212 g/mol. The van der Waals surface area contributed by atoms with Crippen LogP contribution in [0.1, 0.15) is 31.6 Å². The molecule has 0 unspecified atom stereocenters. The van der Waals surface area contributed by atoms with Gasteiger partial charge in [-0.2, -0.15) is 0 Å². The topological polar surface area (TPSA) is 79.9 Å². The molecule has 90 valence electrons. The Bertz CT molecular complexity index is 384. The summed E-state index contributed by atoms with van der Waals surface area (Å²) in [7, 11) is 1.41. The van der Waals surface area contributed by atoms with Gasteiger partial charge in [0.15, 0.2) is 0 Å². The molecule has 0 saturated heterocycles. The maximum Gasteiger partial charge on any atom is 0.339 e. The van der Waals surface area contributed by atoms with Crippen molar-refractivity contribution in [1.29, 1.82) is 0 Å². The first-order valence-electron chi connectivity index (χ1n) is 5.13. The first-order valence-corrected chi connectivity index (χ1v) is 5.13. The van der Waals surface area contributed by atoms with Gasteiger partial charge in [-0.25, -0.2) is 4.79 Å². The molecule has 0 fully saturated rings. The van der Waals surface area contributed by atoms with Crippen molar-refractivity contribution in [2.75, 3.05) is 7.11 Å². The third kappa shape index (κ3) is 3.08. The van der Waals surface area contributed by atoms with E-state index in [1.54, 1.807) is 0 Å². The zero-order chi connectivity index (χ0) is 12.1. The summed E-state index contributed by atoms with van der Waals surface area (Å²) in [6.45, 7) is 1.89. The Balaban J connectivity index is 2.94. The molecule has 0 bridgehead atoms. The Morgan fingerprint density at radius 1 is 1.44 bits per heavy atom. The van der Waals surface area contributed by atoms with Gasteiger partial charge in [0, 0.05) is 6.07 Å². The molecule has 1 aromatic heterocycles. The fourth-order valence-corrected chi connectivity index (χ4v) is 1.38. The number of ether oxygens (including phenoxy) is 1. The molecule has 0 aliphatic heterocycles. The maximum absolute atomic E-state index is 11.1. The SMILES string of the molecule is CCC[C@@H](O)[C@@H](O)c1cc(OC)cc(=O)o1. The Morgan fingerprint density at radius 3 is 2.69 bits per heavy atom. The lowest BCUT2D eigenvalue weighted by molar-refractivity contribution is -0.00124. The third-order valence-corrected chi connectivity index (χ3v) is 2.24. The molecule has 0 aliphatic carbocycles. The van der Waals surface area contributed by atoms with Crippen LogP contribution in [0.5, 0.6) is 5.75 Å². The van der Waals surface area contributed by atoms with Crippen molar-refractivity contribution in [2.24, 2.45) is 0 Å². The van der Waals surface area contributed by atoms with Crippen molar-refractivity contribution in [2.45, 2.75) is 32.0 Å². The van der Waals surface area contributed by atoms with Crippen molar-refractivity contribution >= 4 is 0 Å². The van der Waals surface area contributed by atoms with E-state index >= 15 is 0 Å². The predicted octanol–water partition coefficient (Wildman–Crippen LogP) is 0.843. The van der Waals surface area contributed by atoms with E-state index in [0.717, 1.165) is 6.42 Å². The van der Waals surface area contributed by atoms with E-state index in [9.17, 15) is 15.0 Å². The first kappa shape index (κ1) is 12.7. The van der Waals surface area contributed by atoms with Gasteiger partial charge >= 0.3 is 5.63 Å². The summed E-state index contributed by atoms with van der Waals surface area (Å²) in [6, 6.07) is 2.56. The molecule has 0 spiro atoms. The predicted molar refractivity (Wildman–Crippen MR) is 57.4 cm³/mol. The van der Waals surface area contributed by atoms with E-state index in [-0.39, 0.29) is 5.76 Å². The molecule has 2 N–H and O–H groups in total. The Kier molecular flexibility index (Phi) is 4.52. The Hall–Kier alpha value is -1.33. The highest BCUT2D eigenvalue weighted by Gasteiger charge is 2.21. The summed E-state index contributed by atoms with van der Waals surface area (Å²) < 4.78 is 9.68. The van der Waals surface area contributed by atoms with Gasteiger partial charge in [-0.15, -0.1) is 0 Å². The van der Waals surface area contributed by atoms with Crippen molar-refractivity contribution < 1.29 is 19.4 Å². The molecular formula is C11H16O5. The van der Waals surface area contributed by atoms with E-state index in [4.69, 9.17) is 9.15 Å². The summed E-state index contributed by atoms with van der Waals surface area (Å²) in [6.07, 6.45) is -0.989. The van der Waals surface area contributed by atoms with Crippen LogP contribution in [-0.4, -0.2) is 23.4 Å². The van der Waals surface area contributed by atoms with Gasteiger partial charge in [0.05, 0.1) is 19.3 Å². The number of hydrogen-bond donors (Lipinski definition) is 2. The quantitative estimate of drug-likeness (QED) is 0.780. The van der Waals surface area contributed by atoms with Crippen LogP contribution < -0.4 is 10.4 Å². The molecule has 0 amide bonds. The minimum Gasteiger partial charge on any atom is -0.496 e. The third-order valence-electron chi connectivity index (χ3n) is 2.24. The molecule has 5 heteroatoms. The lowest BCUT2D eigenvalue weighted by Gasteiger charge is -2.16. The average Bonchev–Trinajstić information content (AvgIpc) is 2.27. The van der Waals surface area contributed by atoms with E-state index < -0.39 is 17.8 Å². The van der Waals surface area contributed by atoms with Crippen molar-refractivity contribution in [3.8, 4) is 5.75 Å². The van der Waals surface area contributed by atoms with Crippen LogP contribution in [0.3, 0.4) is 0 Å². The minimum absolute atomic E-state index is 0.0188. The zero-order valence-corrected chi connectivity index (χ0v) is 9.34. The van der Waals surface area contributed by atoms with Crippen LogP contribution in [0.15, 0.2) is 21.3 Å². The first-order chi connectivity index (χ1) is 7.58. The fraction of sp³-hybridized carbons (Fsp3) is 0.545. The largest absolute Gasteiger partial charge is 0.496 e. The molecule has 2 atom stereocenters. The summed E-state index contributed by atoms with van der Waals surface area (Å²) in [5, 5.41) is 19.3. The second-order valence-corrected chi connectivity index (χ2v) is 3.52. The van der Waals surface area contributed by atoms with E-state index in [1.165, 1.54) is 19.2 Å². The van der Waals surface area contributed by atoms with Gasteiger partial charge < -0.3 is 19.4 Å². The molecule has 1 rings (SSSR count). The summed E-state index contributed by atoms with van der Waals surface area (Å²) in [5.74, 6) is 0.319. The van der Waals surface area contributed by atoms with Gasteiger partial charge in [0.2, 0.25) is 0 Å². The van der Waals surface area contributed by atoms with Crippen molar-refractivity contribution in [1.82, 2.24) is 0 Å². The number of aliphatic hydroxyl groups excluding tert-OH is 2. The highest BCUT2D eigenvalue weighted by atomic mass is 16.5. The summed E-state index contributed by atoms with van der Waals surface area (Å²) in [4.78, 5) is 11.1. The molecule has 0 aliphatic rings. The van der Waals surface area contributed by atoms with Crippen molar-refractivity contribution in [3.63, 3.8) is 0 Å². The van der Waals surface area contributed by atoms with Crippen molar-refractivity contribution in [3.05, 3.63) is 28.3 Å². The maximum atomic E-state index is 11.1. The van der Waals surface area contributed by atoms with Gasteiger partial charge in [0.1, 0.15) is 17.6 Å². The number of hydrogen-bond acceptors (Lipinski definition) is 5.